The van der Waals surface area contributed by atoms with E-state index < -0.39 is 0 Å². The first kappa shape index (κ1) is 17.6. The van der Waals surface area contributed by atoms with Crippen LogP contribution in [0.4, 0.5) is 0 Å². The van der Waals surface area contributed by atoms with Crippen molar-refractivity contribution in [3.8, 4) is 11.5 Å². The predicted octanol–water partition coefficient (Wildman–Crippen LogP) is 3.20. The molecule has 2 aliphatic heterocycles. The van der Waals surface area contributed by atoms with Crippen LogP contribution in [0.5, 0.6) is 11.5 Å². The van der Waals surface area contributed by atoms with Crippen LogP contribution in [0.2, 0.25) is 0 Å². The number of ether oxygens (including phenoxy) is 2. The molecule has 4 nitrogen and oxygen atoms in total. The Balaban J connectivity index is 1.96. The molecule has 0 spiro atoms. The fourth-order valence-corrected chi connectivity index (χ4v) is 4.65. The molecular formula is C20H31NO3. The van der Waals surface area contributed by atoms with Crippen molar-refractivity contribution < 1.29 is 14.6 Å². The highest BCUT2D eigenvalue weighted by atomic mass is 16.5. The van der Waals surface area contributed by atoms with Crippen LogP contribution < -0.4 is 9.47 Å². The number of methoxy groups -OCH3 is 2. The number of piperidine rings is 1. The molecule has 0 radical (unpaired) electrons. The van der Waals surface area contributed by atoms with Crippen LogP contribution in [0.15, 0.2) is 12.1 Å². The maximum atomic E-state index is 10.8. The van der Waals surface area contributed by atoms with Crippen molar-refractivity contribution in [2.75, 3.05) is 27.3 Å². The Morgan fingerprint density at radius 3 is 2.54 bits per heavy atom. The predicted molar refractivity (Wildman–Crippen MR) is 95.7 cm³/mol. The summed E-state index contributed by atoms with van der Waals surface area (Å²) in [5.41, 5.74) is 2.48. The number of rotatable bonds is 4. The van der Waals surface area contributed by atoms with Crippen LogP contribution >= 0.6 is 0 Å². The average molecular weight is 333 g/mol. The first-order valence-corrected chi connectivity index (χ1v) is 9.07. The second-order valence-electron chi connectivity index (χ2n) is 8.00. The number of aliphatic hydroxyl groups excluding tert-OH is 1. The van der Waals surface area contributed by atoms with Crippen LogP contribution in [0.3, 0.4) is 0 Å². The molecule has 1 fully saturated rings. The fourth-order valence-electron chi connectivity index (χ4n) is 4.65. The molecule has 0 aliphatic carbocycles. The first-order valence-electron chi connectivity index (χ1n) is 9.07. The lowest BCUT2D eigenvalue weighted by Gasteiger charge is -2.53. The molecule has 0 amide bonds. The Labute approximate surface area is 145 Å². The van der Waals surface area contributed by atoms with Gasteiger partial charge >= 0.3 is 0 Å². The first-order chi connectivity index (χ1) is 11.4. The van der Waals surface area contributed by atoms with Gasteiger partial charge in [-0.25, -0.2) is 0 Å². The molecule has 2 aliphatic rings. The molecule has 3 atom stereocenters. The third kappa shape index (κ3) is 2.91. The van der Waals surface area contributed by atoms with Gasteiger partial charge < -0.3 is 14.6 Å². The summed E-state index contributed by atoms with van der Waals surface area (Å²) in [6.45, 7) is 8.77. The number of hydrogen-bond donors (Lipinski definition) is 1. The van der Waals surface area contributed by atoms with Crippen LogP contribution in [0, 0.1) is 11.8 Å². The lowest BCUT2D eigenvalue weighted by atomic mass is 9.71. The molecule has 4 heteroatoms. The largest absolute Gasteiger partial charge is 0.493 e. The smallest absolute Gasteiger partial charge is 0.161 e. The number of aliphatic hydroxyl groups is 1. The highest BCUT2D eigenvalue weighted by molar-refractivity contribution is 5.51. The summed E-state index contributed by atoms with van der Waals surface area (Å²) < 4.78 is 11.0. The Bertz CT molecular complexity index is 601. The molecule has 3 rings (SSSR count). The van der Waals surface area contributed by atoms with Gasteiger partial charge in [-0.2, -0.15) is 0 Å². The van der Waals surface area contributed by atoms with E-state index >= 15 is 0 Å². The van der Waals surface area contributed by atoms with Crippen molar-refractivity contribution in [1.82, 2.24) is 4.90 Å². The Kier molecular flexibility index (Phi) is 4.80. The number of fused-ring (bicyclic) bond motifs is 3. The minimum Gasteiger partial charge on any atom is -0.493 e. The molecule has 0 bridgehead atoms. The number of nitrogens with zero attached hydrogens (tertiary/aromatic N) is 1. The quantitative estimate of drug-likeness (QED) is 0.919. The second-order valence-corrected chi connectivity index (χ2v) is 8.00. The zero-order valence-corrected chi connectivity index (χ0v) is 15.6. The number of benzene rings is 1. The van der Waals surface area contributed by atoms with Gasteiger partial charge in [0.2, 0.25) is 0 Å². The van der Waals surface area contributed by atoms with Gasteiger partial charge in [-0.1, -0.05) is 13.8 Å². The van der Waals surface area contributed by atoms with Crippen LogP contribution in [0.1, 0.15) is 44.7 Å². The molecule has 0 unspecified atom stereocenters. The molecule has 24 heavy (non-hydrogen) atoms. The zero-order chi connectivity index (χ0) is 17.5. The second kappa shape index (κ2) is 6.57. The topological polar surface area (TPSA) is 41.9 Å². The van der Waals surface area contributed by atoms with E-state index in [9.17, 15) is 5.11 Å². The van der Waals surface area contributed by atoms with Gasteiger partial charge in [0, 0.05) is 18.6 Å². The van der Waals surface area contributed by atoms with E-state index in [1.54, 1.807) is 14.2 Å². The standard InChI is InChI=1S/C20H31NO3/c1-13(2)8-15-12-21-7-6-14-9-18(23-4)19(24-5)10-16(14)20(21,3)11-17(15)22/h9-10,13,15,17,22H,6-8,11-12H2,1-5H3/t15-,17+,20-/m1/s1. The minimum absolute atomic E-state index is 0.125. The SMILES string of the molecule is COc1cc2c(cc1OC)[C@@]1(C)C[C@H](O)[C@H](CC(C)C)CN1CC2. The summed E-state index contributed by atoms with van der Waals surface area (Å²) in [5.74, 6) is 2.57. The van der Waals surface area contributed by atoms with Crippen molar-refractivity contribution >= 4 is 0 Å². The minimum atomic E-state index is -0.243. The summed E-state index contributed by atoms with van der Waals surface area (Å²) in [5, 5.41) is 10.8. The van der Waals surface area contributed by atoms with Gasteiger partial charge in [-0.3, -0.25) is 4.90 Å². The molecule has 1 saturated heterocycles. The molecule has 134 valence electrons. The molecule has 0 saturated carbocycles. The molecule has 0 aromatic heterocycles. The van der Waals surface area contributed by atoms with Gasteiger partial charge in [0.05, 0.1) is 20.3 Å². The van der Waals surface area contributed by atoms with Crippen LogP contribution in [-0.2, 0) is 12.0 Å². The van der Waals surface area contributed by atoms with E-state index in [2.05, 4.69) is 37.8 Å². The Morgan fingerprint density at radius 1 is 1.25 bits per heavy atom. The van der Waals surface area contributed by atoms with E-state index in [0.717, 1.165) is 43.9 Å². The Morgan fingerprint density at radius 2 is 1.92 bits per heavy atom. The van der Waals surface area contributed by atoms with E-state index in [4.69, 9.17) is 9.47 Å². The van der Waals surface area contributed by atoms with Crippen molar-refractivity contribution in [3.05, 3.63) is 23.3 Å². The van der Waals surface area contributed by atoms with Crippen molar-refractivity contribution in [2.24, 2.45) is 11.8 Å². The fraction of sp³-hybridized carbons (Fsp3) is 0.700. The van der Waals surface area contributed by atoms with Gasteiger partial charge in [-0.05, 0) is 61.3 Å². The van der Waals surface area contributed by atoms with E-state index in [-0.39, 0.29) is 11.6 Å². The summed E-state index contributed by atoms with van der Waals surface area (Å²) in [4.78, 5) is 2.57. The maximum absolute atomic E-state index is 10.8. The number of hydrogen-bond acceptors (Lipinski definition) is 4. The van der Waals surface area contributed by atoms with Gasteiger partial charge in [0.1, 0.15) is 0 Å². The summed E-state index contributed by atoms with van der Waals surface area (Å²) in [7, 11) is 3.36. The Hall–Kier alpha value is -1.26. The van der Waals surface area contributed by atoms with Crippen LogP contribution in [-0.4, -0.2) is 43.4 Å². The third-order valence-corrected chi connectivity index (χ3v) is 5.92. The summed E-state index contributed by atoms with van der Waals surface area (Å²) in [6, 6.07) is 4.24. The van der Waals surface area contributed by atoms with E-state index in [1.807, 2.05) is 0 Å². The van der Waals surface area contributed by atoms with E-state index in [1.165, 1.54) is 11.1 Å². The van der Waals surface area contributed by atoms with E-state index in [0.29, 0.717) is 11.8 Å². The van der Waals surface area contributed by atoms with Crippen molar-refractivity contribution in [1.29, 1.82) is 0 Å². The monoisotopic (exact) mass is 333 g/mol. The molecular weight excluding hydrogens is 302 g/mol. The third-order valence-electron chi connectivity index (χ3n) is 5.92. The van der Waals surface area contributed by atoms with Gasteiger partial charge in [-0.15, -0.1) is 0 Å². The highest BCUT2D eigenvalue weighted by Crippen LogP contribution is 2.47. The average Bonchev–Trinajstić information content (AvgIpc) is 2.54. The lowest BCUT2D eigenvalue weighted by molar-refractivity contribution is -0.0647. The lowest BCUT2D eigenvalue weighted by Crippen LogP contribution is -2.58. The maximum Gasteiger partial charge on any atom is 0.161 e. The highest BCUT2D eigenvalue weighted by Gasteiger charge is 2.46. The molecule has 2 heterocycles. The molecule has 1 N–H and O–H groups in total. The molecule has 1 aromatic carbocycles. The summed E-state index contributed by atoms with van der Waals surface area (Å²) >= 11 is 0. The summed E-state index contributed by atoms with van der Waals surface area (Å²) in [6.07, 6.45) is 2.66. The normalized spacial score (nSPS) is 30.0. The van der Waals surface area contributed by atoms with Crippen molar-refractivity contribution in [2.45, 2.75) is 51.7 Å². The van der Waals surface area contributed by atoms with Gasteiger partial charge in [0.15, 0.2) is 11.5 Å². The van der Waals surface area contributed by atoms with Gasteiger partial charge in [0.25, 0.3) is 0 Å². The van der Waals surface area contributed by atoms with Crippen molar-refractivity contribution in [3.63, 3.8) is 0 Å². The zero-order valence-electron chi connectivity index (χ0n) is 15.6. The molecule has 1 aromatic rings. The van der Waals surface area contributed by atoms with Crippen LogP contribution in [0.25, 0.3) is 0 Å².